The fraction of sp³-hybridized carbons (Fsp3) is 0.308. The largest absolute Gasteiger partial charge is 0.395 e. The van der Waals surface area contributed by atoms with Crippen LogP contribution in [0, 0.1) is 11.8 Å². The van der Waals surface area contributed by atoms with Gasteiger partial charge >= 0.3 is 0 Å². The summed E-state index contributed by atoms with van der Waals surface area (Å²) in [5.41, 5.74) is 6.05. The number of aliphatic hydroxyl groups excluding tert-OH is 2. The fourth-order valence-corrected chi connectivity index (χ4v) is 4.53. The van der Waals surface area contributed by atoms with E-state index in [0.29, 0.717) is 33.4 Å². The lowest BCUT2D eigenvalue weighted by Gasteiger charge is -2.26. The molecule has 2 aromatic carbocycles. The van der Waals surface area contributed by atoms with E-state index in [2.05, 4.69) is 22.4 Å². The van der Waals surface area contributed by atoms with Gasteiger partial charge in [-0.2, -0.15) is 5.10 Å². The summed E-state index contributed by atoms with van der Waals surface area (Å²) < 4.78 is 1.57. The average Bonchev–Trinajstić information content (AvgIpc) is 3.25. The highest BCUT2D eigenvalue weighted by Crippen LogP contribution is 2.33. The number of hydrogen-bond acceptors (Lipinski definition) is 5. The third-order valence-electron chi connectivity index (χ3n) is 5.74. The Labute approximate surface area is 214 Å². The Bertz CT molecular complexity index is 1260. The molecule has 1 amide bonds. The zero-order chi connectivity index (χ0) is 24.8. The summed E-state index contributed by atoms with van der Waals surface area (Å²) in [6, 6.07) is 12.4. The molecule has 0 aliphatic carbocycles. The van der Waals surface area contributed by atoms with Crippen molar-refractivity contribution in [2.75, 3.05) is 19.7 Å². The van der Waals surface area contributed by atoms with Gasteiger partial charge in [0.05, 0.1) is 29.6 Å². The molecule has 2 heterocycles. The number of carbonyl (C=O) groups excluding carboxylic acids is 1. The third kappa shape index (κ3) is 5.87. The molecular formula is C26H26Cl2N4O3. The van der Waals surface area contributed by atoms with Crippen LogP contribution >= 0.6 is 23.2 Å². The molecule has 1 aromatic heterocycles. The lowest BCUT2D eigenvalue weighted by atomic mass is 10.0. The van der Waals surface area contributed by atoms with Gasteiger partial charge in [-0.25, -0.2) is 9.69 Å². The third-order valence-corrected chi connectivity index (χ3v) is 6.28. The Hall–Kier alpha value is -2.86. The highest BCUT2D eigenvalue weighted by Gasteiger charge is 2.26. The molecule has 1 fully saturated rings. The normalized spacial score (nSPS) is 13.8. The Balaban J connectivity index is 1.80. The van der Waals surface area contributed by atoms with Gasteiger partial charge in [-0.1, -0.05) is 53.6 Å². The number of hydrogen-bond donors (Lipinski definition) is 3. The van der Waals surface area contributed by atoms with E-state index in [0.717, 1.165) is 43.5 Å². The molecule has 4 rings (SSSR count). The number of benzene rings is 2. The van der Waals surface area contributed by atoms with Crippen molar-refractivity contribution in [1.29, 1.82) is 0 Å². The lowest BCUT2D eigenvalue weighted by molar-refractivity contribution is 0.0741. The first-order valence-electron chi connectivity index (χ1n) is 11.5. The Morgan fingerprint density at radius 3 is 2.46 bits per heavy atom. The molecule has 3 N–H and O–H groups in total. The van der Waals surface area contributed by atoms with Crippen molar-refractivity contribution in [2.24, 2.45) is 0 Å². The van der Waals surface area contributed by atoms with Crippen LogP contribution in [0.2, 0.25) is 10.0 Å². The minimum Gasteiger partial charge on any atom is -0.395 e. The van der Waals surface area contributed by atoms with Gasteiger partial charge in [-0.3, -0.25) is 10.2 Å². The highest BCUT2D eigenvalue weighted by atomic mass is 35.5. The van der Waals surface area contributed by atoms with Crippen molar-refractivity contribution in [3.8, 4) is 28.8 Å². The molecule has 9 heteroatoms. The van der Waals surface area contributed by atoms with Crippen molar-refractivity contribution in [3.05, 3.63) is 69.3 Å². The van der Waals surface area contributed by atoms with Crippen molar-refractivity contribution < 1.29 is 15.0 Å². The predicted octanol–water partition coefficient (Wildman–Crippen LogP) is 4.20. The van der Waals surface area contributed by atoms with Gasteiger partial charge < -0.3 is 10.2 Å². The fourth-order valence-electron chi connectivity index (χ4n) is 4.04. The summed E-state index contributed by atoms with van der Waals surface area (Å²) in [5, 5.41) is 26.6. The summed E-state index contributed by atoms with van der Waals surface area (Å²) in [6.07, 6.45) is 3.57. The average molecular weight is 513 g/mol. The summed E-state index contributed by atoms with van der Waals surface area (Å²) in [6.45, 7) is 1.17. The number of rotatable bonds is 6. The lowest BCUT2D eigenvalue weighted by Crippen LogP contribution is -2.45. The molecule has 0 atom stereocenters. The second kappa shape index (κ2) is 11.7. The van der Waals surface area contributed by atoms with Gasteiger partial charge in [0, 0.05) is 41.2 Å². The molecule has 7 nitrogen and oxygen atoms in total. The standard InChI is InChI=1S/C26H26Cl2N4O3/c27-20-11-12-23(22(28)16-20)32-25(19-9-7-18(8-10-19)6-2-5-15-33)21(17-34)24(29-32)26(35)30-31-13-3-1-4-14-31/h7-12,16,33-34H,1,3-5,13-15,17H2,(H,30,35). The number of carbonyl (C=O) groups is 1. The summed E-state index contributed by atoms with van der Waals surface area (Å²) in [7, 11) is 0. The summed E-state index contributed by atoms with van der Waals surface area (Å²) in [4.78, 5) is 13.2. The van der Waals surface area contributed by atoms with Gasteiger partial charge in [-0.05, 0) is 43.2 Å². The molecule has 35 heavy (non-hydrogen) atoms. The summed E-state index contributed by atoms with van der Waals surface area (Å²) in [5.74, 6) is 5.51. The first-order valence-corrected chi connectivity index (χ1v) is 12.2. The van der Waals surface area contributed by atoms with E-state index in [4.69, 9.17) is 28.3 Å². The van der Waals surface area contributed by atoms with Crippen molar-refractivity contribution in [3.63, 3.8) is 0 Å². The maximum atomic E-state index is 13.2. The first kappa shape index (κ1) is 25.2. The maximum absolute atomic E-state index is 13.2. The van der Waals surface area contributed by atoms with Crippen LogP contribution in [0.15, 0.2) is 42.5 Å². The molecule has 0 spiro atoms. The Morgan fingerprint density at radius 2 is 1.80 bits per heavy atom. The van der Waals surface area contributed by atoms with Crippen LogP contribution in [0.3, 0.4) is 0 Å². The van der Waals surface area contributed by atoms with Gasteiger partial charge in [0.1, 0.15) is 0 Å². The number of hydrazine groups is 1. The Kier molecular flexibility index (Phi) is 8.45. The number of amides is 1. The smallest absolute Gasteiger partial charge is 0.286 e. The maximum Gasteiger partial charge on any atom is 0.286 e. The zero-order valence-electron chi connectivity index (χ0n) is 19.1. The van der Waals surface area contributed by atoms with E-state index in [1.54, 1.807) is 22.9 Å². The molecule has 1 saturated heterocycles. The van der Waals surface area contributed by atoms with Crippen LogP contribution in [0.4, 0.5) is 0 Å². The number of aliphatic hydroxyl groups is 2. The van der Waals surface area contributed by atoms with E-state index in [-0.39, 0.29) is 24.8 Å². The molecule has 0 saturated carbocycles. The number of halogens is 2. The molecule has 3 aromatic rings. The van der Waals surface area contributed by atoms with E-state index in [1.165, 1.54) is 0 Å². The van der Waals surface area contributed by atoms with Gasteiger partial charge in [0.2, 0.25) is 0 Å². The van der Waals surface area contributed by atoms with E-state index < -0.39 is 0 Å². The number of nitrogens with zero attached hydrogens (tertiary/aromatic N) is 3. The van der Waals surface area contributed by atoms with Crippen molar-refractivity contribution in [1.82, 2.24) is 20.2 Å². The van der Waals surface area contributed by atoms with Gasteiger partial charge in [-0.15, -0.1) is 0 Å². The van der Waals surface area contributed by atoms with Crippen LogP contribution in [0.1, 0.15) is 47.3 Å². The van der Waals surface area contributed by atoms with Crippen LogP contribution in [0.25, 0.3) is 16.9 Å². The second-order valence-corrected chi connectivity index (χ2v) is 9.03. The van der Waals surface area contributed by atoms with Crippen LogP contribution in [-0.4, -0.2) is 50.6 Å². The molecule has 182 valence electrons. The monoisotopic (exact) mass is 512 g/mol. The number of aromatic nitrogens is 2. The SMILES string of the molecule is O=C(NN1CCCCC1)c1nn(-c2ccc(Cl)cc2Cl)c(-c2ccc(C#CCCO)cc2)c1CO. The molecule has 0 radical (unpaired) electrons. The summed E-state index contributed by atoms with van der Waals surface area (Å²) >= 11 is 12.6. The topological polar surface area (TPSA) is 90.6 Å². The van der Waals surface area contributed by atoms with Gasteiger partial charge in [0.15, 0.2) is 5.69 Å². The van der Waals surface area contributed by atoms with E-state index in [9.17, 15) is 9.90 Å². The minimum atomic E-state index is -0.388. The van der Waals surface area contributed by atoms with Crippen molar-refractivity contribution in [2.45, 2.75) is 32.3 Å². The zero-order valence-corrected chi connectivity index (χ0v) is 20.6. The van der Waals surface area contributed by atoms with Crippen LogP contribution < -0.4 is 5.43 Å². The van der Waals surface area contributed by atoms with Crippen LogP contribution in [0.5, 0.6) is 0 Å². The number of piperidine rings is 1. The van der Waals surface area contributed by atoms with Crippen LogP contribution in [-0.2, 0) is 6.61 Å². The molecule has 1 aliphatic rings. The van der Waals surface area contributed by atoms with Gasteiger partial charge in [0.25, 0.3) is 5.91 Å². The molecular weight excluding hydrogens is 487 g/mol. The van der Waals surface area contributed by atoms with E-state index >= 15 is 0 Å². The molecule has 1 aliphatic heterocycles. The first-order chi connectivity index (χ1) is 17.0. The van der Waals surface area contributed by atoms with E-state index in [1.807, 2.05) is 29.3 Å². The molecule has 0 bridgehead atoms. The second-order valence-electron chi connectivity index (χ2n) is 8.18. The minimum absolute atomic E-state index is 0.00818. The highest BCUT2D eigenvalue weighted by molar-refractivity contribution is 6.35. The quantitative estimate of drug-likeness (QED) is 0.430. The Morgan fingerprint density at radius 1 is 1.06 bits per heavy atom. The number of nitrogens with one attached hydrogen (secondary N) is 1. The molecule has 0 unspecified atom stereocenters. The predicted molar refractivity (Wildman–Crippen MR) is 136 cm³/mol. The van der Waals surface area contributed by atoms with Crippen molar-refractivity contribution >= 4 is 29.1 Å².